The molecule has 0 saturated heterocycles. The molecule has 3 rings (SSSR count). The number of rotatable bonds is 5. The molecule has 9 heteroatoms. The van der Waals surface area contributed by atoms with Gasteiger partial charge in [-0.1, -0.05) is 41.9 Å². The van der Waals surface area contributed by atoms with Crippen molar-refractivity contribution in [3.05, 3.63) is 52.6 Å². The lowest BCUT2D eigenvalue weighted by Gasteiger charge is -2.05. The molecule has 2 heterocycles. The first kappa shape index (κ1) is 17.1. The summed E-state index contributed by atoms with van der Waals surface area (Å²) in [4.78, 5) is 28.2. The molecule has 0 spiro atoms. The smallest absolute Gasteiger partial charge is 0.358 e. The van der Waals surface area contributed by atoms with E-state index in [1.807, 2.05) is 35.7 Å². The van der Waals surface area contributed by atoms with Crippen LogP contribution in [0.2, 0.25) is 5.02 Å². The highest BCUT2D eigenvalue weighted by Crippen LogP contribution is 2.24. The molecule has 0 radical (unpaired) electrons. The van der Waals surface area contributed by atoms with Crippen LogP contribution < -0.4 is 5.32 Å². The molecule has 25 heavy (non-hydrogen) atoms. The minimum atomic E-state index is -0.718. The molecule has 1 N–H and O–H groups in total. The quantitative estimate of drug-likeness (QED) is 0.692. The molecule has 128 valence electrons. The van der Waals surface area contributed by atoms with Crippen LogP contribution in [0.1, 0.15) is 10.5 Å². The normalized spacial score (nSPS) is 10.5. The SMILES string of the molecule is Cn1ncc(Cl)c1C(=O)OCC(=O)Nc1nc(-c2ccccc2)cs1. The van der Waals surface area contributed by atoms with Crippen molar-refractivity contribution in [3.63, 3.8) is 0 Å². The first-order valence-electron chi connectivity index (χ1n) is 7.20. The fraction of sp³-hybridized carbons (Fsp3) is 0.125. The fourth-order valence-electron chi connectivity index (χ4n) is 2.07. The van der Waals surface area contributed by atoms with Gasteiger partial charge in [0.25, 0.3) is 5.91 Å². The van der Waals surface area contributed by atoms with Gasteiger partial charge in [0.05, 0.1) is 16.9 Å². The highest BCUT2D eigenvalue weighted by atomic mass is 35.5. The number of aryl methyl sites for hydroxylation is 1. The zero-order chi connectivity index (χ0) is 17.8. The van der Waals surface area contributed by atoms with Crippen molar-refractivity contribution in [1.29, 1.82) is 0 Å². The molecular weight excluding hydrogens is 364 g/mol. The summed E-state index contributed by atoms with van der Waals surface area (Å²) >= 11 is 7.14. The zero-order valence-corrected chi connectivity index (χ0v) is 14.7. The molecule has 1 aromatic carbocycles. The number of esters is 1. The van der Waals surface area contributed by atoms with Gasteiger partial charge in [0, 0.05) is 18.0 Å². The Kier molecular flexibility index (Phi) is 5.11. The third-order valence-corrected chi connectivity index (χ3v) is 4.28. The number of aromatic nitrogens is 3. The Morgan fingerprint density at radius 1 is 1.32 bits per heavy atom. The van der Waals surface area contributed by atoms with E-state index in [2.05, 4.69) is 15.4 Å². The summed E-state index contributed by atoms with van der Waals surface area (Å²) in [6, 6.07) is 9.60. The van der Waals surface area contributed by atoms with Crippen molar-refractivity contribution in [2.75, 3.05) is 11.9 Å². The van der Waals surface area contributed by atoms with E-state index in [1.165, 1.54) is 22.2 Å². The van der Waals surface area contributed by atoms with E-state index in [0.29, 0.717) is 5.13 Å². The lowest BCUT2D eigenvalue weighted by Crippen LogP contribution is -2.22. The van der Waals surface area contributed by atoms with Gasteiger partial charge in [0.15, 0.2) is 17.4 Å². The topological polar surface area (TPSA) is 86.1 Å². The minimum Gasteiger partial charge on any atom is -0.451 e. The number of hydrogen-bond acceptors (Lipinski definition) is 6. The minimum absolute atomic E-state index is 0.0927. The van der Waals surface area contributed by atoms with Crippen LogP contribution in [0.15, 0.2) is 41.9 Å². The molecule has 1 amide bonds. The van der Waals surface area contributed by atoms with Crippen LogP contribution in [0.4, 0.5) is 5.13 Å². The number of thiazole rings is 1. The molecule has 0 bridgehead atoms. The van der Waals surface area contributed by atoms with Crippen molar-refractivity contribution < 1.29 is 14.3 Å². The summed E-state index contributed by atoms with van der Waals surface area (Å²) in [6.45, 7) is -0.444. The Balaban J connectivity index is 1.57. The van der Waals surface area contributed by atoms with Gasteiger partial charge in [-0.2, -0.15) is 5.10 Å². The third-order valence-electron chi connectivity index (χ3n) is 3.24. The monoisotopic (exact) mass is 376 g/mol. The predicted octanol–water partition coefficient (Wildman–Crippen LogP) is 2.99. The van der Waals surface area contributed by atoms with E-state index in [1.54, 1.807) is 7.05 Å². The second kappa shape index (κ2) is 7.45. The molecule has 0 aliphatic carbocycles. The maximum Gasteiger partial charge on any atom is 0.358 e. The van der Waals surface area contributed by atoms with Crippen LogP contribution in [-0.4, -0.2) is 33.2 Å². The molecule has 0 fully saturated rings. The van der Waals surface area contributed by atoms with Gasteiger partial charge in [-0.25, -0.2) is 9.78 Å². The standard InChI is InChI=1S/C16H13ClN4O3S/c1-21-14(11(17)7-18-21)15(23)24-8-13(22)20-16-19-12(9-25-16)10-5-3-2-4-6-10/h2-7,9H,8H2,1H3,(H,19,20,22). The van der Waals surface area contributed by atoms with Gasteiger partial charge in [0.1, 0.15) is 0 Å². The fourth-order valence-corrected chi connectivity index (χ4v) is 3.05. The van der Waals surface area contributed by atoms with Gasteiger partial charge in [-0.15, -0.1) is 11.3 Å². The average molecular weight is 377 g/mol. The number of anilines is 1. The Hall–Kier alpha value is -2.71. The molecule has 0 aliphatic rings. The molecule has 2 aromatic heterocycles. The first-order chi connectivity index (χ1) is 12.0. The van der Waals surface area contributed by atoms with Crippen LogP contribution in [0.25, 0.3) is 11.3 Å². The summed E-state index contributed by atoms with van der Waals surface area (Å²) in [5, 5.41) is 8.87. The summed E-state index contributed by atoms with van der Waals surface area (Å²) in [6.07, 6.45) is 1.33. The van der Waals surface area contributed by atoms with Crippen LogP contribution in [0.3, 0.4) is 0 Å². The average Bonchev–Trinajstić information content (AvgIpc) is 3.20. The molecule has 0 atom stereocenters. The number of nitrogens with one attached hydrogen (secondary N) is 1. The Morgan fingerprint density at radius 3 is 2.76 bits per heavy atom. The second-order valence-corrected chi connectivity index (χ2v) is 6.26. The molecular formula is C16H13ClN4O3S. The number of benzene rings is 1. The van der Waals surface area contributed by atoms with Crippen LogP contribution in [0.5, 0.6) is 0 Å². The van der Waals surface area contributed by atoms with Crippen molar-refractivity contribution in [1.82, 2.24) is 14.8 Å². The second-order valence-electron chi connectivity index (χ2n) is 4.99. The Labute approximate surface area is 152 Å². The number of hydrogen-bond donors (Lipinski definition) is 1. The van der Waals surface area contributed by atoms with E-state index < -0.39 is 18.5 Å². The Bertz CT molecular complexity index is 888. The van der Waals surface area contributed by atoms with Gasteiger partial charge >= 0.3 is 5.97 Å². The number of carbonyl (C=O) groups is 2. The number of carbonyl (C=O) groups excluding carboxylic acids is 2. The van der Waals surface area contributed by atoms with Crippen molar-refractivity contribution >= 4 is 39.9 Å². The van der Waals surface area contributed by atoms with Crippen molar-refractivity contribution in [2.45, 2.75) is 0 Å². The highest BCUT2D eigenvalue weighted by Gasteiger charge is 2.18. The molecule has 7 nitrogen and oxygen atoms in total. The number of amides is 1. The number of halogens is 1. The molecule has 0 unspecified atom stereocenters. The first-order valence-corrected chi connectivity index (χ1v) is 8.46. The van der Waals surface area contributed by atoms with E-state index in [4.69, 9.17) is 16.3 Å². The van der Waals surface area contributed by atoms with E-state index in [0.717, 1.165) is 11.3 Å². The van der Waals surface area contributed by atoms with Crippen molar-refractivity contribution in [3.8, 4) is 11.3 Å². The van der Waals surface area contributed by atoms with Crippen molar-refractivity contribution in [2.24, 2.45) is 7.05 Å². The highest BCUT2D eigenvalue weighted by molar-refractivity contribution is 7.14. The zero-order valence-electron chi connectivity index (χ0n) is 13.1. The van der Waals surface area contributed by atoms with Crippen LogP contribution in [0, 0.1) is 0 Å². The molecule has 0 saturated carbocycles. The van der Waals surface area contributed by atoms with E-state index in [-0.39, 0.29) is 10.7 Å². The lowest BCUT2D eigenvalue weighted by molar-refractivity contribution is -0.119. The van der Waals surface area contributed by atoms with E-state index >= 15 is 0 Å². The lowest BCUT2D eigenvalue weighted by atomic mass is 10.2. The largest absolute Gasteiger partial charge is 0.451 e. The summed E-state index contributed by atoms with van der Waals surface area (Å²) in [5.41, 5.74) is 1.81. The van der Waals surface area contributed by atoms with Crippen LogP contribution in [-0.2, 0) is 16.6 Å². The Morgan fingerprint density at radius 2 is 2.08 bits per heavy atom. The number of nitrogens with zero attached hydrogens (tertiary/aromatic N) is 3. The van der Waals surface area contributed by atoms with Gasteiger partial charge < -0.3 is 4.74 Å². The van der Waals surface area contributed by atoms with Gasteiger partial charge in [0.2, 0.25) is 0 Å². The number of ether oxygens (including phenoxy) is 1. The van der Waals surface area contributed by atoms with Gasteiger partial charge in [-0.05, 0) is 0 Å². The molecule has 0 aliphatic heterocycles. The summed E-state index contributed by atoms with van der Waals surface area (Å²) < 4.78 is 6.24. The van der Waals surface area contributed by atoms with E-state index in [9.17, 15) is 9.59 Å². The summed E-state index contributed by atoms with van der Waals surface area (Å²) in [7, 11) is 1.56. The predicted molar refractivity (Wildman–Crippen MR) is 94.7 cm³/mol. The van der Waals surface area contributed by atoms with Crippen LogP contribution >= 0.6 is 22.9 Å². The maximum absolute atomic E-state index is 11.9. The summed E-state index contributed by atoms with van der Waals surface area (Å²) in [5.74, 6) is -1.20. The maximum atomic E-state index is 11.9. The third kappa shape index (κ3) is 4.04. The van der Waals surface area contributed by atoms with Gasteiger partial charge in [-0.3, -0.25) is 14.8 Å². The molecule has 3 aromatic rings.